The lowest BCUT2D eigenvalue weighted by Crippen LogP contribution is -2.61. The van der Waals surface area contributed by atoms with Crippen LogP contribution in [0.1, 0.15) is 27.7 Å². The largest absolute Gasteiger partial charge is 0.461 e. The molecule has 0 unspecified atom stereocenters. The van der Waals surface area contributed by atoms with E-state index in [0.29, 0.717) is 6.29 Å². The number of hydrogen-bond donors (Lipinski definition) is 1. The van der Waals surface area contributed by atoms with E-state index in [-0.39, 0.29) is 11.5 Å². The summed E-state index contributed by atoms with van der Waals surface area (Å²) in [5, 5.41) is 10.9. The Morgan fingerprint density at radius 1 is 1.44 bits per heavy atom. The van der Waals surface area contributed by atoms with Crippen LogP contribution in [0.25, 0.3) is 0 Å². The van der Waals surface area contributed by atoms with Gasteiger partial charge in [0.2, 0.25) is 0 Å². The minimum atomic E-state index is -1.08. The van der Waals surface area contributed by atoms with E-state index in [2.05, 4.69) is 13.2 Å². The summed E-state index contributed by atoms with van der Waals surface area (Å²) < 4.78 is 11.1. The topological polar surface area (TPSA) is 89.9 Å². The number of ether oxygens (including phenoxy) is 2. The average molecular weight is 350 g/mol. The first-order valence-corrected chi connectivity index (χ1v) is 8.46. The van der Waals surface area contributed by atoms with Gasteiger partial charge in [-0.25, -0.2) is 0 Å². The van der Waals surface area contributed by atoms with Crippen LogP contribution < -0.4 is 0 Å². The van der Waals surface area contributed by atoms with Crippen LogP contribution in [-0.4, -0.2) is 41.6 Å². The van der Waals surface area contributed by atoms with Gasteiger partial charge in [-0.15, -0.1) is 6.58 Å². The number of esters is 2. The maximum atomic E-state index is 12.3. The Morgan fingerprint density at radius 2 is 2.04 bits per heavy atom. The molecule has 2 rings (SSSR count). The second-order valence-corrected chi connectivity index (χ2v) is 7.51. The molecule has 2 fully saturated rings. The highest BCUT2D eigenvalue weighted by Crippen LogP contribution is 2.53. The van der Waals surface area contributed by atoms with E-state index >= 15 is 0 Å². The van der Waals surface area contributed by atoms with Crippen LogP contribution in [0, 0.1) is 29.1 Å². The number of carbonyl (C=O) groups excluding carboxylic acids is 3. The van der Waals surface area contributed by atoms with Crippen molar-refractivity contribution in [3.05, 3.63) is 24.8 Å². The first kappa shape index (κ1) is 19.4. The normalized spacial score (nSPS) is 40.2. The molecule has 0 bridgehead atoms. The molecule has 0 spiro atoms. The first-order valence-electron chi connectivity index (χ1n) is 8.46. The van der Waals surface area contributed by atoms with Gasteiger partial charge < -0.3 is 14.6 Å². The van der Waals surface area contributed by atoms with Crippen LogP contribution >= 0.6 is 0 Å². The van der Waals surface area contributed by atoms with Crippen molar-refractivity contribution in [3.8, 4) is 0 Å². The third kappa shape index (κ3) is 2.92. The lowest BCUT2D eigenvalue weighted by Gasteiger charge is -2.51. The lowest BCUT2D eigenvalue weighted by atomic mass is 9.56. The number of hydrogen-bond acceptors (Lipinski definition) is 6. The van der Waals surface area contributed by atoms with Crippen molar-refractivity contribution in [1.82, 2.24) is 0 Å². The van der Waals surface area contributed by atoms with Gasteiger partial charge >= 0.3 is 11.9 Å². The zero-order chi connectivity index (χ0) is 19.1. The lowest BCUT2D eigenvalue weighted by molar-refractivity contribution is -0.189. The van der Waals surface area contributed by atoms with Gasteiger partial charge in [0.15, 0.2) is 0 Å². The molecule has 0 amide bonds. The van der Waals surface area contributed by atoms with Crippen LogP contribution in [0.2, 0.25) is 0 Å². The molecule has 2 aliphatic rings. The smallest absolute Gasteiger partial charge is 0.309 e. The molecule has 0 aromatic carbocycles. The van der Waals surface area contributed by atoms with Crippen molar-refractivity contribution >= 4 is 18.2 Å². The molecular weight excluding hydrogens is 324 g/mol. The highest BCUT2D eigenvalue weighted by molar-refractivity contribution is 5.78. The third-order valence-corrected chi connectivity index (χ3v) is 5.62. The molecule has 1 aliphatic heterocycles. The van der Waals surface area contributed by atoms with E-state index in [1.165, 1.54) is 6.08 Å². The van der Waals surface area contributed by atoms with Gasteiger partial charge in [0, 0.05) is 17.3 Å². The minimum absolute atomic E-state index is 0.188. The molecule has 6 nitrogen and oxygen atoms in total. The summed E-state index contributed by atoms with van der Waals surface area (Å²) >= 11 is 0. The number of aliphatic hydroxyl groups excluding tert-OH is 1. The van der Waals surface area contributed by atoms with Gasteiger partial charge in [0.1, 0.15) is 24.6 Å². The predicted molar refractivity (Wildman–Crippen MR) is 90.3 cm³/mol. The maximum absolute atomic E-state index is 12.3. The Morgan fingerprint density at radius 3 is 2.52 bits per heavy atom. The van der Waals surface area contributed by atoms with Gasteiger partial charge in [-0.2, -0.15) is 0 Å². The van der Waals surface area contributed by atoms with E-state index in [4.69, 9.17) is 9.47 Å². The summed E-state index contributed by atoms with van der Waals surface area (Å²) in [5.41, 5.74) is -0.848. The highest BCUT2D eigenvalue weighted by Gasteiger charge is 2.64. The van der Waals surface area contributed by atoms with Crippen LogP contribution in [0.15, 0.2) is 24.8 Å². The number of rotatable bonds is 5. The Bertz CT molecular complexity index is 609. The van der Waals surface area contributed by atoms with Gasteiger partial charge in [-0.05, 0) is 5.57 Å². The Hall–Kier alpha value is -1.95. The van der Waals surface area contributed by atoms with Gasteiger partial charge in [0.25, 0.3) is 0 Å². The average Bonchev–Trinajstić information content (AvgIpc) is 2.87. The molecule has 6 heteroatoms. The molecular formula is C19H26O6. The van der Waals surface area contributed by atoms with E-state index < -0.39 is 53.4 Å². The number of aliphatic hydroxyl groups is 1. The molecule has 1 saturated carbocycles. The zero-order valence-corrected chi connectivity index (χ0v) is 15.1. The number of aldehydes is 1. The second kappa shape index (κ2) is 6.75. The molecule has 0 radical (unpaired) electrons. The third-order valence-electron chi connectivity index (χ3n) is 5.62. The van der Waals surface area contributed by atoms with Crippen LogP contribution in [0.5, 0.6) is 0 Å². The molecule has 1 saturated heterocycles. The Balaban J connectivity index is 2.58. The fourth-order valence-electron chi connectivity index (χ4n) is 3.97. The predicted octanol–water partition coefficient (Wildman–Crippen LogP) is 1.67. The molecule has 25 heavy (non-hydrogen) atoms. The molecule has 1 heterocycles. The summed E-state index contributed by atoms with van der Waals surface area (Å²) in [6, 6.07) is 0. The maximum Gasteiger partial charge on any atom is 0.309 e. The van der Waals surface area contributed by atoms with E-state index in [1.807, 2.05) is 0 Å². The summed E-state index contributed by atoms with van der Waals surface area (Å²) in [5.74, 6) is -3.09. The van der Waals surface area contributed by atoms with Crippen molar-refractivity contribution in [2.24, 2.45) is 29.1 Å². The van der Waals surface area contributed by atoms with Crippen molar-refractivity contribution < 1.29 is 29.0 Å². The quantitative estimate of drug-likeness (QED) is 0.351. The summed E-state index contributed by atoms with van der Waals surface area (Å²) in [4.78, 5) is 35.8. The molecule has 0 aromatic rings. The molecule has 138 valence electrons. The SMILES string of the molecule is C=C[C@@]1(C)[C@@H](O)[C@@H]2OC(=O)[C@@H](C)[C@@H]2[C@@H](OC(=O)C(C)C)[C@@H]1C(=C)C=O. The molecule has 1 N–H and O–H groups in total. The van der Waals surface area contributed by atoms with E-state index in [1.54, 1.807) is 27.7 Å². The highest BCUT2D eigenvalue weighted by atomic mass is 16.6. The molecule has 7 atom stereocenters. The van der Waals surface area contributed by atoms with Gasteiger partial charge in [0.05, 0.1) is 11.8 Å². The summed E-state index contributed by atoms with van der Waals surface area (Å²) in [6.07, 6.45) is -0.616. The van der Waals surface area contributed by atoms with Gasteiger partial charge in [-0.3, -0.25) is 14.4 Å². The molecule has 0 aromatic heterocycles. The Kier molecular flexibility index (Phi) is 5.23. The van der Waals surface area contributed by atoms with Crippen molar-refractivity contribution in [3.63, 3.8) is 0 Å². The fourth-order valence-corrected chi connectivity index (χ4v) is 3.97. The number of fused-ring (bicyclic) bond motifs is 1. The van der Waals surface area contributed by atoms with Crippen LogP contribution in [-0.2, 0) is 23.9 Å². The standard InChI is InChI=1S/C19H26O6/c1-7-19(6)13(10(4)8-20)14(24-17(22)9(2)3)12-11(5)18(23)25-15(12)16(19)21/h7-9,11-16,21H,1,4H2,2-3,5-6H3/t11-,12+,13-,14+,15+,16-,19+/m0/s1. The van der Waals surface area contributed by atoms with Crippen LogP contribution in [0.3, 0.4) is 0 Å². The first-order chi connectivity index (χ1) is 11.6. The monoisotopic (exact) mass is 350 g/mol. The van der Waals surface area contributed by atoms with Crippen molar-refractivity contribution in [2.45, 2.75) is 46.0 Å². The van der Waals surface area contributed by atoms with E-state index in [0.717, 1.165) is 0 Å². The Labute approximate surface area is 147 Å². The fraction of sp³-hybridized carbons (Fsp3) is 0.632. The van der Waals surface area contributed by atoms with Gasteiger partial charge in [-0.1, -0.05) is 40.3 Å². The van der Waals surface area contributed by atoms with Crippen molar-refractivity contribution in [1.29, 1.82) is 0 Å². The number of carbonyl (C=O) groups is 3. The van der Waals surface area contributed by atoms with Crippen molar-refractivity contribution in [2.75, 3.05) is 0 Å². The summed E-state index contributed by atoms with van der Waals surface area (Å²) in [7, 11) is 0. The second-order valence-electron chi connectivity index (χ2n) is 7.51. The molecule has 1 aliphatic carbocycles. The van der Waals surface area contributed by atoms with E-state index in [9.17, 15) is 19.5 Å². The zero-order valence-electron chi connectivity index (χ0n) is 15.1. The summed E-state index contributed by atoms with van der Waals surface area (Å²) in [6.45, 7) is 14.3. The van der Waals surface area contributed by atoms with Crippen LogP contribution in [0.4, 0.5) is 0 Å². The minimum Gasteiger partial charge on any atom is -0.461 e.